The van der Waals surface area contributed by atoms with Gasteiger partial charge in [0.15, 0.2) is 16.3 Å². The summed E-state index contributed by atoms with van der Waals surface area (Å²) in [4.78, 5) is 24.3. The van der Waals surface area contributed by atoms with E-state index < -0.39 is 82.8 Å². The molecule has 3 aliphatic rings. The van der Waals surface area contributed by atoms with E-state index in [1.165, 1.54) is 0 Å². The molecule has 0 aromatic heterocycles. The van der Waals surface area contributed by atoms with E-state index >= 15 is 0 Å². The molecule has 3 fully saturated rings. The molecule has 2 aliphatic carbocycles. The zero-order chi connectivity index (χ0) is 24.1. The third-order valence-electron chi connectivity index (χ3n) is 7.12. The molecule has 7 atom stereocenters. The van der Waals surface area contributed by atoms with E-state index in [0.29, 0.717) is 19.3 Å². The highest BCUT2D eigenvalue weighted by Gasteiger charge is 2.70. The number of carbonyl (C=O) groups is 2. The third-order valence-corrected chi connectivity index (χ3v) is 8.04. The summed E-state index contributed by atoms with van der Waals surface area (Å²) >= 11 is 0. The Balaban J connectivity index is 1.55. The fraction of sp³-hybridized carbons (Fsp3) is 0.895. The van der Waals surface area contributed by atoms with Crippen molar-refractivity contribution in [2.45, 2.75) is 68.8 Å². The van der Waals surface area contributed by atoms with Crippen LogP contribution in [0.1, 0.15) is 39.5 Å². The highest BCUT2D eigenvalue weighted by molar-refractivity contribution is 7.86. The van der Waals surface area contributed by atoms with Crippen molar-refractivity contribution in [2.75, 3.05) is 13.2 Å². The van der Waals surface area contributed by atoms with Crippen LogP contribution in [0.3, 0.4) is 0 Å². The Labute approximate surface area is 183 Å². The van der Waals surface area contributed by atoms with Crippen molar-refractivity contribution in [1.82, 2.24) is 0 Å². The summed E-state index contributed by atoms with van der Waals surface area (Å²) in [6, 6.07) is 0. The van der Waals surface area contributed by atoms with E-state index in [0.717, 1.165) is 0 Å². The molecule has 0 aromatic carbocycles. The Morgan fingerprint density at radius 3 is 2.50 bits per heavy atom. The molecule has 0 radical (unpaired) electrons. The standard InChI is InChI=1S/C19H27F3O9S/c1-3-18(25,4-2)14-10-7-9-13(14)17(24)31-16(9)15(10)30-8-12(23)29-6-5-11(20)19(21,22)32(26,27)28/h9-11,13-16,25H,3-8H2,1-2H3,(H,26,27,28)/p-1. The summed E-state index contributed by atoms with van der Waals surface area (Å²) in [5.41, 5.74) is -1.09. The van der Waals surface area contributed by atoms with Crippen molar-refractivity contribution in [2.24, 2.45) is 23.7 Å². The Morgan fingerprint density at radius 1 is 1.31 bits per heavy atom. The molecule has 9 nitrogen and oxygen atoms in total. The van der Waals surface area contributed by atoms with Gasteiger partial charge in [-0.1, -0.05) is 13.8 Å². The van der Waals surface area contributed by atoms with Crippen molar-refractivity contribution >= 4 is 22.1 Å². The van der Waals surface area contributed by atoms with Gasteiger partial charge in [-0.25, -0.2) is 17.6 Å². The molecule has 1 heterocycles. The maximum Gasteiger partial charge on any atom is 0.364 e. The summed E-state index contributed by atoms with van der Waals surface area (Å²) in [7, 11) is -6.20. The normalized spacial score (nSPS) is 32.8. The quantitative estimate of drug-likeness (QED) is 0.336. The number of alkyl halides is 3. The lowest BCUT2D eigenvalue weighted by Crippen LogP contribution is -2.50. The van der Waals surface area contributed by atoms with Crippen LogP contribution < -0.4 is 0 Å². The van der Waals surface area contributed by atoms with Gasteiger partial charge in [0.25, 0.3) is 0 Å². The van der Waals surface area contributed by atoms with Gasteiger partial charge in [-0.15, -0.1) is 0 Å². The second-order valence-electron chi connectivity index (χ2n) is 8.60. The zero-order valence-corrected chi connectivity index (χ0v) is 18.4. The number of fused-ring (bicyclic) bond motifs is 1. The Hall–Kier alpha value is -1.44. The monoisotopic (exact) mass is 487 g/mol. The number of esters is 2. The lowest BCUT2D eigenvalue weighted by Gasteiger charge is -2.41. The van der Waals surface area contributed by atoms with Crippen molar-refractivity contribution in [3.8, 4) is 0 Å². The van der Waals surface area contributed by atoms with E-state index in [1.807, 2.05) is 13.8 Å². The lowest BCUT2D eigenvalue weighted by atomic mass is 9.67. The molecular formula is C19H26F3O9S-. The first-order valence-electron chi connectivity index (χ1n) is 10.5. The van der Waals surface area contributed by atoms with Gasteiger partial charge in [0.2, 0.25) is 0 Å². The largest absolute Gasteiger partial charge is 0.743 e. The number of aliphatic hydroxyl groups is 1. The first kappa shape index (κ1) is 25.2. The zero-order valence-electron chi connectivity index (χ0n) is 17.5. The van der Waals surface area contributed by atoms with Crippen molar-refractivity contribution in [3.63, 3.8) is 0 Å². The minimum absolute atomic E-state index is 0.133. The first-order valence-corrected chi connectivity index (χ1v) is 11.9. The van der Waals surface area contributed by atoms with Gasteiger partial charge in [0.1, 0.15) is 12.7 Å². The molecule has 0 spiro atoms. The van der Waals surface area contributed by atoms with Crippen molar-refractivity contribution in [3.05, 3.63) is 0 Å². The van der Waals surface area contributed by atoms with E-state index in [2.05, 4.69) is 4.74 Å². The maximum atomic E-state index is 13.4. The van der Waals surface area contributed by atoms with Gasteiger partial charge >= 0.3 is 17.2 Å². The average Bonchev–Trinajstić information content (AvgIpc) is 3.33. The van der Waals surface area contributed by atoms with Gasteiger partial charge in [0, 0.05) is 18.3 Å². The Kier molecular flexibility index (Phi) is 6.87. The summed E-state index contributed by atoms with van der Waals surface area (Å²) in [6.45, 7) is 2.11. The number of halogens is 3. The molecule has 0 aromatic rings. The summed E-state index contributed by atoms with van der Waals surface area (Å²) < 4.78 is 86.5. The van der Waals surface area contributed by atoms with E-state index in [4.69, 9.17) is 9.47 Å². The van der Waals surface area contributed by atoms with Crippen molar-refractivity contribution in [1.29, 1.82) is 0 Å². The lowest BCUT2D eigenvalue weighted by molar-refractivity contribution is -0.160. The molecule has 3 rings (SSSR count). The SMILES string of the molecule is CCC(O)(CC)C1C2CC3C(OC(=O)C31)C2OCC(=O)OCCC(F)C(F)(F)S(=O)(=O)[O-]. The second kappa shape index (κ2) is 8.73. The minimum Gasteiger partial charge on any atom is -0.743 e. The van der Waals surface area contributed by atoms with Gasteiger partial charge in [-0.2, -0.15) is 8.78 Å². The fourth-order valence-electron chi connectivity index (χ4n) is 5.47. The minimum atomic E-state index is -6.20. The molecule has 1 saturated heterocycles. The van der Waals surface area contributed by atoms with Crippen LogP contribution in [0.2, 0.25) is 0 Å². The average molecular weight is 487 g/mol. The summed E-state index contributed by atoms with van der Waals surface area (Å²) in [5.74, 6) is -2.60. The molecule has 0 amide bonds. The molecule has 7 unspecified atom stereocenters. The number of rotatable bonds is 11. The van der Waals surface area contributed by atoms with Crippen LogP contribution in [0.25, 0.3) is 0 Å². The van der Waals surface area contributed by atoms with E-state index in [1.54, 1.807) is 0 Å². The van der Waals surface area contributed by atoms with Crippen LogP contribution in [-0.4, -0.2) is 72.5 Å². The van der Waals surface area contributed by atoms with Gasteiger partial charge in [0.05, 0.1) is 24.2 Å². The predicted octanol–water partition coefficient (Wildman–Crippen LogP) is 1.14. The van der Waals surface area contributed by atoms with Crippen LogP contribution in [0.5, 0.6) is 0 Å². The van der Waals surface area contributed by atoms with Gasteiger partial charge in [-0.3, -0.25) is 4.79 Å². The molecular weight excluding hydrogens is 461 g/mol. The predicted molar refractivity (Wildman–Crippen MR) is 98.8 cm³/mol. The summed E-state index contributed by atoms with van der Waals surface area (Å²) in [5, 5.41) is 5.93. The number of ether oxygens (including phenoxy) is 3. The van der Waals surface area contributed by atoms with Gasteiger partial charge < -0.3 is 23.9 Å². The van der Waals surface area contributed by atoms with Crippen LogP contribution in [-0.2, 0) is 33.9 Å². The Morgan fingerprint density at radius 2 is 1.94 bits per heavy atom. The molecule has 32 heavy (non-hydrogen) atoms. The van der Waals surface area contributed by atoms with Crippen LogP contribution in [0.4, 0.5) is 13.2 Å². The van der Waals surface area contributed by atoms with Crippen LogP contribution >= 0.6 is 0 Å². The van der Waals surface area contributed by atoms with Crippen molar-refractivity contribution < 1.29 is 55.0 Å². The first-order chi connectivity index (χ1) is 14.8. The highest BCUT2D eigenvalue weighted by atomic mass is 32.2. The van der Waals surface area contributed by atoms with Crippen LogP contribution in [0.15, 0.2) is 0 Å². The molecule has 13 heteroatoms. The Bertz CT molecular complexity index is 845. The second-order valence-corrected chi connectivity index (χ2v) is 10.0. The molecule has 2 bridgehead atoms. The van der Waals surface area contributed by atoms with Gasteiger partial charge in [-0.05, 0) is 25.2 Å². The van der Waals surface area contributed by atoms with E-state index in [-0.39, 0.29) is 11.8 Å². The van der Waals surface area contributed by atoms with Crippen LogP contribution in [0, 0.1) is 23.7 Å². The maximum absolute atomic E-state index is 13.4. The topological polar surface area (TPSA) is 139 Å². The smallest absolute Gasteiger partial charge is 0.364 e. The molecule has 2 saturated carbocycles. The summed E-state index contributed by atoms with van der Waals surface area (Å²) in [6.07, 6.45) is -4.30. The number of hydrogen-bond acceptors (Lipinski definition) is 9. The fourth-order valence-corrected chi connectivity index (χ4v) is 5.90. The third kappa shape index (κ3) is 4.12. The van der Waals surface area contributed by atoms with E-state index in [9.17, 15) is 40.8 Å². The number of hydrogen-bond donors (Lipinski definition) is 1. The number of carbonyl (C=O) groups excluding carboxylic acids is 2. The molecule has 1 N–H and O–H groups in total. The molecule has 1 aliphatic heterocycles. The highest BCUT2D eigenvalue weighted by Crippen LogP contribution is 2.62. The molecule has 184 valence electrons.